The lowest BCUT2D eigenvalue weighted by molar-refractivity contribution is 0.216. The maximum absolute atomic E-state index is 13.0. The summed E-state index contributed by atoms with van der Waals surface area (Å²) >= 11 is 1.54. The molecule has 136 valence electrons. The van der Waals surface area contributed by atoms with Crippen molar-refractivity contribution in [3.05, 3.63) is 52.2 Å². The van der Waals surface area contributed by atoms with Crippen molar-refractivity contribution < 1.29 is 12.9 Å². The van der Waals surface area contributed by atoms with Crippen LogP contribution in [0.1, 0.15) is 28.5 Å². The summed E-state index contributed by atoms with van der Waals surface area (Å²) < 4.78 is 32.8. The summed E-state index contributed by atoms with van der Waals surface area (Å²) in [5, 5.41) is 5.95. The molecule has 4 rings (SSSR count). The van der Waals surface area contributed by atoms with E-state index in [1.165, 1.54) is 4.31 Å². The van der Waals surface area contributed by atoms with E-state index in [9.17, 15) is 8.42 Å². The Hall–Kier alpha value is -2.03. The second-order valence-electron chi connectivity index (χ2n) is 6.68. The molecule has 0 spiro atoms. The molecule has 0 atom stereocenters. The summed E-state index contributed by atoms with van der Waals surface area (Å²) in [5.41, 5.74) is 2.62. The Labute approximate surface area is 156 Å². The third kappa shape index (κ3) is 2.87. The zero-order valence-electron chi connectivity index (χ0n) is 14.8. The molecule has 0 bridgehead atoms. The van der Waals surface area contributed by atoms with Crippen LogP contribution in [0.25, 0.3) is 10.7 Å². The van der Waals surface area contributed by atoms with Crippen LogP contribution in [0.15, 0.2) is 39.1 Å². The molecule has 1 saturated heterocycles. The average molecular weight is 390 g/mol. The Kier molecular flexibility index (Phi) is 4.21. The van der Waals surface area contributed by atoms with Crippen molar-refractivity contribution in [2.45, 2.75) is 31.6 Å². The van der Waals surface area contributed by atoms with Crippen molar-refractivity contribution >= 4 is 21.4 Å². The zero-order valence-corrected chi connectivity index (χ0v) is 16.4. The second-order valence-corrected chi connectivity index (χ2v) is 9.50. The van der Waals surface area contributed by atoms with E-state index in [0.717, 1.165) is 21.6 Å². The van der Waals surface area contributed by atoms with Crippen molar-refractivity contribution in [1.82, 2.24) is 14.4 Å². The van der Waals surface area contributed by atoms with Gasteiger partial charge in [-0.3, -0.25) is 0 Å². The van der Waals surface area contributed by atoms with Crippen LogP contribution in [0, 0.1) is 20.8 Å². The van der Waals surface area contributed by atoms with Gasteiger partial charge >= 0.3 is 0 Å². The van der Waals surface area contributed by atoms with Crippen LogP contribution < -0.4 is 0 Å². The summed E-state index contributed by atoms with van der Waals surface area (Å²) in [5.74, 6) is 0.996. The molecular formula is C18H19N3O3S2. The number of hydrogen-bond acceptors (Lipinski definition) is 6. The van der Waals surface area contributed by atoms with Crippen molar-refractivity contribution in [3.63, 3.8) is 0 Å². The Morgan fingerprint density at radius 2 is 1.88 bits per heavy atom. The zero-order chi connectivity index (χ0) is 18.5. The lowest BCUT2D eigenvalue weighted by atomic mass is 10.0. The van der Waals surface area contributed by atoms with E-state index in [4.69, 9.17) is 4.52 Å². The summed E-state index contributed by atoms with van der Waals surface area (Å²) in [6.07, 6.45) is 0. The number of hydrogen-bond donors (Lipinski definition) is 0. The monoisotopic (exact) mass is 389 g/mol. The lowest BCUT2D eigenvalue weighted by Gasteiger charge is -2.36. The molecule has 1 aliphatic heterocycles. The van der Waals surface area contributed by atoms with E-state index < -0.39 is 10.0 Å². The van der Waals surface area contributed by atoms with Gasteiger partial charge in [-0.1, -0.05) is 28.9 Å². The van der Waals surface area contributed by atoms with Crippen LogP contribution in [-0.2, 0) is 10.0 Å². The summed E-state index contributed by atoms with van der Waals surface area (Å²) in [4.78, 5) is 5.77. The number of rotatable bonds is 4. The molecule has 0 N–H and O–H groups in total. The normalized spacial score (nSPS) is 16.0. The van der Waals surface area contributed by atoms with E-state index in [1.807, 2.05) is 50.4 Å². The number of nitrogens with zero attached hydrogens (tertiary/aromatic N) is 3. The standard InChI is InChI=1S/C18H19N3O3S2/c1-11-7-12(2)16(13(3)8-11)26(22,23)21-9-14(10-21)18-19-17(20-24-18)15-5-4-6-25-15/h4-8,14H,9-10H2,1-3H3. The average Bonchev–Trinajstić information content (AvgIpc) is 3.14. The van der Waals surface area contributed by atoms with Gasteiger partial charge in [-0.2, -0.15) is 9.29 Å². The van der Waals surface area contributed by atoms with Crippen molar-refractivity contribution in [3.8, 4) is 10.7 Å². The van der Waals surface area contributed by atoms with Crippen molar-refractivity contribution in [1.29, 1.82) is 0 Å². The molecule has 0 saturated carbocycles. The van der Waals surface area contributed by atoms with E-state index in [-0.39, 0.29) is 5.92 Å². The molecule has 8 heteroatoms. The molecule has 3 heterocycles. The van der Waals surface area contributed by atoms with Gasteiger partial charge in [0.05, 0.1) is 15.7 Å². The first-order valence-electron chi connectivity index (χ1n) is 8.32. The van der Waals surface area contributed by atoms with Gasteiger partial charge in [0.1, 0.15) is 0 Å². The molecule has 1 aromatic carbocycles. The molecule has 0 unspecified atom stereocenters. The number of aromatic nitrogens is 2. The number of benzene rings is 1. The number of aryl methyl sites for hydroxylation is 3. The first-order valence-corrected chi connectivity index (χ1v) is 10.6. The maximum atomic E-state index is 13.0. The van der Waals surface area contributed by atoms with Gasteiger partial charge in [0.15, 0.2) is 0 Å². The minimum Gasteiger partial charge on any atom is -0.339 e. The van der Waals surface area contributed by atoms with Crippen LogP contribution in [0.5, 0.6) is 0 Å². The third-order valence-corrected chi connectivity index (χ3v) is 7.59. The fraction of sp³-hybridized carbons (Fsp3) is 0.333. The van der Waals surface area contributed by atoms with Crippen LogP contribution in [0.3, 0.4) is 0 Å². The van der Waals surface area contributed by atoms with Gasteiger partial charge in [-0.15, -0.1) is 11.3 Å². The lowest BCUT2D eigenvalue weighted by Crippen LogP contribution is -2.48. The SMILES string of the molecule is Cc1cc(C)c(S(=O)(=O)N2CC(c3nc(-c4cccs4)no3)C2)c(C)c1. The summed E-state index contributed by atoms with van der Waals surface area (Å²) in [6, 6.07) is 7.67. The van der Waals surface area contributed by atoms with E-state index in [1.54, 1.807) is 11.3 Å². The largest absolute Gasteiger partial charge is 0.339 e. The minimum atomic E-state index is -3.51. The van der Waals surface area contributed by atoms with Gasteiger partial charge < -0.3 is 4.52 Å². The first kappa shape index (κ1) is 17.4. The topological polar surface area (TPSA) is 76.3 Å². The van der Waals surface area contributed by atoms with E-state index >= 15 is 0 Å². The Morgan fingerprint density at radius 3 is 2.50 bits per heavy atom. The van der Waals surface area contributed by atoms with Crippen LogP contribution in [0.4, 0.5) is 0 Å². The highest BCUT2D eigenvalue weighted by Crippen LogP contribution is 2.34. The highest BCUT2D eigenvalue weighted by molar-refractivity contribution is 7.89. The Bertz CT molecular complexity index is 1030. The van der Waals surface area contributed by atoms with Crippen LogP contribution in [-0.4, -0.2) is 36.0 Å². The molecule has 0 radical (unpaired) electrons. The molecule has 1 aliphatic rings. The molecule has 3 aromatic rings. The molecule has 0 aliphatic carbocycles. The molecule has 26 heavy (non-hydrogen) atoms. The molecule has 1 fully saturated rings. The first-order chi connectivity index (χ1) is 12.4. The van der Waals surface area contributed by atoms with Gasteiger partial charge in [-0.25, -0.2) is 8.42 Å². The fourth-order valence-corrected chi connectivity index (χ4v) is 5.99. The van der Waals surface area contributed by atoms with Gasteiger partial charge in [0.25, 0.3) is 0 Å². The van der Waals surface area contributed by atoms with Gasteiger partial charge in [0, 0.05) is 13.1 Å². The molecular weight excluding hydrogens is 370 g/mol. The highest BCUT2D eigenvalue weighted by atomic mass is 32.2. The highest BCUT2D eigenvalue weighted by Gasteiger charge is 2.41. The molecule has 2 aromatic heterocycles. The van der Waals surface area contributed by atoms with Crippen LogP contribution >= 0.6 is 11.3 Å². The van der Waals surface area contributed by atoms with Crippen molar-refractivity contribution in [2.75, 3.05) is 13.1 Å². The summed E-state index contributed by atoms with van der Waals surface area (Å²) in [7, 11) is -3.51. The predicted octanol–water partition coefficient (Wildman–Crippen LogP) is 3.51. The van der Waals surface area contributed by atoms with Crippen molar-refractivity contribution in [2.24, 2.45) is 0 Å². The number of sulfonamides is 1. The smallest absolute Gasteiger partial charge is 0.243 e. The second kappa shape index (κ2) is 6.29. The molecule has 6 nitrogen and oxygen atoms in total. The number of thiophene rings is 1. The van der Waals surface area contributed by atoms with Gasteiger partial charge in [0.2, 0.25) is 21.7 Å². The predicted molar refractivity (Wildman–Crippen MR) is 99.8 cm³/mol. The molecule has 0 amide bonds. The van der Waals surface area contributed by atoms with Crippen LogP contribution in [0.2, 0.25) is 0 Å². The van der Waals surface area contributed by atoms with Gasteiger partial charge in [-0.05, 0) is 43.3 Å². The maximum Gasteiger partial charge on any atom is 0.243 e. The minimum absolute atomic E-state index is 0.0583. The van der Waals surface area contributed by atoms with E-state index in [2.05, 4.69) is 10.1 Å². The quantitative estimate of drug-likeness (QED) is 0.682. The Morgan fingerprint density at radius 1 is 1.19 bits per heavy atom. The Balaban J connectivity index is 1.53. The summed E-state index contributed by atoms with van der Waals surface area (Å²) in [6.45, 7) is 6.38. The van der Waals surface area contributed by atoms with E-state index in [0.29, 0.717) is 29.7 Å². The fourth-order valence-electron chi connectivity index (χ4n) is 3.40. The third-order valence-electron chi connectivity index (χ3n) is 4.58.